The fraction of sp³-hybridized carbons (Fsp3) is 0.889. The van der Waals surface area contributed by atoms with Crippen molar-refractivity contribution in [3.05, 3.63) is 0 Å². The van der Waals surface area contributed by atoms with E-state index in [2.05, 4.69) is 34.6 Å². The van der Waals surface area contributed by atoms with Gasteiger partial charge in [-0.25, -0.2) is 4.79 Å². The van der Waals surface area contributed by atoms with Gasteiger partial charge in [0.2, 0.25) is 0 Å². The molecule has 0 aromatic carbocycles. The third-order valence-corrected chi connectivity index (χ3v) is 3.90. The topological polar surface area (TPSA) is 78.4 Å². The number of rotatable bonds is 8. The Morgan fingerprint density at radius 2 is 2.00 bits per heavy atom. The van der Waals surface area contributed by atoms with Crippen LogP contribution in [-0.2, 0) is 9.47 Å². The first kappa shape index (κ1) is 22.5. The van der Waals surface area contributed by atoms with Gasteiger partial charge in [0.15, 0.2) is 5.96 Å². The van der Waals surface area contributed by atoms with E-state index in [0.717, 1.165) is 18.9 Å². The monoisotopic (exact) mass is 371 g/mol. The van der Waals surface area contributed by atoms with Gasteiger partial charge in [-0.3, -0.25) is 4.99 Å². The summed E-state index contributed by atoms with van der Waals surface area (Å²) in [5, 5.41) is 6.66. The van der Waals surface area contributed by atoms with Crippen LogP contribution >= 0.6 is 0 Å². The Morgan fingerprint density at radius 3 is 2.50 bits per heavy atom. The molecule has 1 aliphatic rings. The van der Waals surface area contributed by atoms with E-state index in [1.807, 2.05) is 27.7 Å². The fourth-order valence-electron chi connectivity index (χ4n) is 2.53. The quantitative estimate of drug-likeness (QED) is 0.492. The summed E-state index contributed by atoms with van der Waals surface area (Å²) in [4.78, 5) is 20.1. The van der Waals surface area contributed by atoms with E-state index in [9.17, 15) is 4.79 Å². The molecule has 0 aliphatic carbocycles. The Hall–Kier alpha value is -1.54. The predicted octanol–water partition coefficient (Wildman–Crippen LogP) is 1.13. The van der Waals surface area contributed by atoms with Crippen LogP contribution in [0.3, 0.4) is 0 Å². The van der Waals surface area contributed by atoms with Crippen LogP contribution in [0.15, 0.2) is 4.99 Å². The van der Waals surface area contributed by atoms with E-state index in [-0.39, 0.29) is 18.2 Å². The number of aliphatic imine (C=N–C) groups is 1. The van der Waals surface area contributed by atoms with Crippen molar-refractivity contribution in [2.45, 2.75) is 51.9 Å². The molecule has 152 valence electrons. The molecule has 0 aromatic rings. The van der Waals surface area contributed by atoms with Gasteiger partial charge in [-0.2, -0.15) is 0 Å². The molecule has 0 radical (unpaired) electrons. The summed E-state index contributed by atoms with van der Waals surface area (Å²) in [5.74, 6) is 0.730. The number of nitrogens with zero attached hydrogens (tertiary/aromatic N) is 3. The van der Waals surface area contributed by atoms with Gasteiger partial charge >= 0.3 is 6.09 Å². The van der Waals surface area contributed by atoms with E-state index in [4.69, 9.17) is 9.47 Å². The van der Waals surface area contributed by atoms with Crippen LogP contribution in [0.5, 0.6) is 0 Å². The molecule has 1 aliphatic heterocycles. The van der Waals surface area contributed by atoms with Crippen LogP contribution in [0.4, 0.5) is 4.79 Å². The second kappa shape index (κ2) is 10.6. The molecule has 1 fully saturated rings. The standard InChI is InChI=1S/C18H37N5O3/c1-8-25-15(9-10-22(6)7)11-20-16(19-5)21-14-12-23(13-14)17(24)26-18(2,3)4/h14-15H,8-13H2,1-7H3,(H2,19,20,21). The van der Waals surface area contributed by atoms with Gasteiger partial charge in [0.05, 0.1) is 12.1 Å². The van der Waals surface area contributed by atoms with E-state index in [0.29, 0.717) is 26.2 Å². The Balaban J connectivity index is 2.34. The third kappa shape index (κ3) is 8.71. The Morgan fingerprint density at radius 1 is 1.35 bits per heavy atom. The second-order valence-corrected chi connectivity index (χ2v) is 7.85. The fourth-order valence-corrected chi connectivity index (χ4v) is 2.53. The maximum atomic E-state index is 12.0. The number of hydrogen-bond donors (Lipinski definition) is 2. The van der Waals surface area contributed by atoms with Crippen LogP contribution < -0.4 is 10.6 Å². The Labute approximate surface area is 158 Å². The van der Waals surface area contributed by atoms with Crippen molar-refractivity contribution in [1.29, 1.82) is 0 Å². The summed E-state index contributed by atoms with van der Waals surface area (Å²) in [6.45, 7) is 11.2. The maximum absolute atomic E-state index is 12.0. The predicted molar refractivity (Wildman–Crippen MR) is 105 cm³/mol. The molecule has 1 saturated heterocycles. The minimum absolute atomic E-state index is 0.139. The lowest BCUT2D eigenvalue weighted by molar-refractivity contribution is 0.00697. The molecular weight excluding hydrogens is 334 g/mol. The zero-order valence-electron chi connectivity index (χ0n) is 17.5. The smallest absolute Gasteiger partial charge is 0.410 e. The molecule has 2 N–H and O–H groups in total. The summed E-state index contributed by atoms with van der Waals surface area (Å²) >= 11 is 0. The van der Waals surface area contributed by atoms with Gasteiger partial charge in [0.1, 0.15) is 5.60 Å². The summed E-state index contributed by atoms with van der Waals surface area (Å²) in [6.07, 6.45) is 0.833. The summed E-state index contributed by atoms with van der Waals surface area (Å²) in [7, 11) is 5.86. The molecule has 8 nitrogen and oxygen atoms in total. The minimum atomic E-state index is -0.464. The number of likely N-dealkylation sites (tertiary alicyclic amines) is 1. The largest absolute Gasteiger partial charge is 0.444 e. The van der Waals surface area contributed by atoms with Gasteiger partial charge < -0.3 is 29.9 Å². The number of guanidine groups is 1. The van der Waals surface area contributed by atoms with Crippen molar-refractivity contribution in [2.24, 2.45) is 4.99 Å². The van der Waals surface area contributed by atoms with Crippen LogP contribution in [0.2, 0.25) is 0 Å². The number of carbonyl (C=O) groups is 1. The van der Waals surface area contributed by atoms with Crippen LogP contribution in [-0.4, -0.2) is 93.5 Å². The molecule has 0 aromatic heterocycles. The van der Waals surface area contributed by atoms with Gasteiger partial charge in [-0.1, -0.05) is 0 Å². The van der Waals surface area contributed by atoms with E-state index in [1.54, 1.807) is 11.9 Å². The van der Waals surface area contributed by atoms with E-state index >= 15 is 0 Å². The normalized spacial score (nSPS) is 17.1. The molecule has 0 spiro atoms. The molecule has 1 unspecified atom stereocenters. The van der Waals surface area contributed by atoms with Crippen molar-refractivity contribution in [3.8, 4) is 0 Å². The number of amides is 1. The zero-order chi connectivity index (χ0) is 19.7. The highest BCUT2D eigenvalue weighted by Crippen LogP contribution is 2.15. The average Bonchev–Trinajstić information content (AvgIpc) is 2.48. The number of ether oxygens (including phenoxy) is 2. The number of hydrogen-bond acceptors (Lipinski definition) is 5. The maximum Gasteiger partial charge on any atom is 0.410 e. The first-order valence-corrected chi connectivity index (χ1v) is 9.36. The Kier molecular flexibility index (Phi) is 9.15. The van der Waals surface area contributed by atoms with Gasteiger partial charge in [0, 0.05) is 39.8 Å². The van der Waals surface area contributed by atoms with Crippen LogP contribution in [0.25, 0.3) is 0 Å². The van der Waals surface area contributed by atoms with Crippen LogP contribution in [0.1, 0.15) is 34.1 Å². The molecule has 0 saturated carbocycles. The molecular formula is C18H37N5O3. The molecule has 26 heavy (non-hydrogen) atoms. The summed E-state index contributed by atoms with van der Waals surface area (Å²) < 4.78 is 11.2. The Bertz CT molecular complexity index is 456. The molecule has 1 atom stereocenters. The lowest BCUT2D eigenvalue weighted by atomic mass is 10.1. The SMILES string of the molecule is CCOC(CCN(C)C)CNC(=NC)NC1CN(C(=O)OC(C)(C)C)C1. The average molecular weight is 372 g/mol. The highest BCUT2D eigenvalue weighted by molar-refractivity contribution is 5.80. The van der Waals surface area contributed by atoms with E-state index < -0.39 is 5.60 Å². The lowest BCUT2D eigenvalue weighted by Gasteiger charge is -2.40. The highest BCUT2D eigenvalue weighted by Gasteiger charge is 2.34. The van der Waals surface area contributed by atoms with Crippen molar-refractivity contribution in [3.63, 3.8) is 0 Å². The minimum Gasteiger partial charge on any atom is -0.444 e. The van der Waals surface area contributed by atoms with Crippen molar-refractivity contribution < 1.29 is 14.3 Å². The third-order valence-electron chi connectivity index (χ3n) is 3.90. The zero-order valence-corrected chi connectivity index (χ0v) is 17.5. The first-order valence-electron chi connectivity index (χ1n) is 9.36. The van der Waals surface area contributed by atoms with Gasteiger partial charge in [-0.15, -0.1) is 0 Å². The summed E-state index contributed by atoms with van der Waals surface area (Å²) in [5.41, 5.74) is -0.464. The molecule has 1 rings (SSSR count). The highest BCUT2D eigenvalue weighted by atomic mass is 16.6. The van der Waals surface area contributed by atoms with Crippen molar-refractivity contribution >= 4 is 12.1 Å². The molecule has 1 amide bonds. The van der Waals surface area contributed by atoms with Crippen LogP contribution in [0, 0.1) is 0 Å². The molecule has 0 bridgehead atoms. The lowest BCUT2D eigenvalue weighted by Crippen LogP contribution is -2.63. The molecule has 1 heterocycles. The summed E-state index contributed by atoms with van der Waals surface area (Å²) in [6, 6.07) is 0.182. The number of carbonyl (C=O) groups excluding carboxylic acids is 1. The van der Waals surface area contributed by atoms with Crippen molar-refractivity contribution in [2.75, 3.05) is 53.9 Å². The van der Waals surface area contributed by atoms with Gasteiger partial charge in [0.25, 0.3) is 0 Å². The molecule has 8 heteroatoms. The van der Waals surface area contributed by atoms with E-state index in [1.165, 1.54) is 0 Å². The first-order chi connectivity index (χ1) is 12.1. The van der Waals surface area contributed by atoms with Crippen molar-refractivity contribution in [1.82, 2.24) is 20.4 Å². The number of nitrogens with one attached hydrogen (secondary N) is 2. The van der Waals surface area contributed by atoms with Gasteiger partial charge in [-0.05, 0) is 48.2 Å². The second-order valence-electron chi connectivity index (χ2n) is 7.85.